The zero-order valence-corrected chi connectivity index (χ0v) is 18.3. The van der Waals surface area contributed by atoms with Gasteiger partial charge in [-0.2, -0.15) is 4.68 Å². The van der Waals surface area contributed by atoms with Crippen LogP contribution in [-0.4, -0.2) is 38.5 Å². The Bertz CT molecular complexity index is 1230. The number of para-hydroxylation sites is 2. The number of tetrazole rings is 1. The monoisotopic (exact) mass is 443 g/mol. The van der Waals surface area contributed by atoms with Gasteiger partial charge in [-0.15, -0.1) is 5.10 Å². The van der Waals surface area contributed by atoms with E-state index >= 15 is 0 Å². The zero-order valence-electron chi connectivity index (χ0n) is 17.5. The third-order valence-electron chi connectivity index (χ3n) is 5.33. The molecule has 1 aromatic heterocycles. The average Bonchev–Trinajstić information content (AvgIpc) is 3.31. The van der Waals surface area contributed by atoms with Gasteiger partial charge in [-0.3, -0.25) is 9.69 Å². The Morgan fingerprint density at radius 1 is 1.03 bits per heavy atom. The standard InChI is InChI=1S/C24H21N5O2S/c1-17-11-13-19(14-12-17)29-24(25-26-27-29)32-16-23(30)28-20-9-5-6-10-22(20)31-15-21(28)18-7-3-2-4-8-18/h2-14,21H,15-16H2,1H3. The first-order valence-electron chi connectivity index (χ1n) is 10.3. The van der Waals surface area contributed by atoms with Crippen molar-refractivity contribution in [2.75, 3.05) is 17.3 Å². The van der Waals surface area contributed by atoms with Gasteiger partial charge in [0.1, 0.15) is 12.4 Å². The van der Waals surface area contributed by atoms with Crippen LogP contribution in [0.3, 0.4) is 0 Å². The lowest BCUT2D eigenvalue weighted by atomic mass is 10.0. The normalized spacial score (nSPS) is 15.2. The van der Waals surface area contributed by atoms with Crippen molar-refractivity contribution >= 4 is 23.4 Å². The highest BCUT2D eigenvalue weighted by molar-refractivity contribution is 7.99. The number of carbonyl (C=O) groups is 1. The number of amides is 1. The molecule has 1 unspecified atom stereocenters. The number of fused-ring (bicyclic) bond motifs is 1. The van der Waals surface area contributed by atoms with Gasteiger partial charge in [-0.25, -0.2) is 0 Å². The van der Waals surface area contributed by atoms with E-state index in [0.29, 0.717) is 17.5 Å². The summed E-state index contributed by atoms with van der Waals surface area (Å²) in [6.45, 7) is 2.43. The van der Waals surface area contributed by atoms with Crippen molar-refractivity contribution in [2.24, 2.45) is 0 Å². The molecular weight excluding hydrogens is 422 g/mol. The number of hydrogen-bond acceptors (Lipinski definition) is 6. The maximum Gasteiger partial charge on any atom is 0.238 e. The van der Waals surface area contributed by atoms with E-state index in [9.17, 15) is 4.79 Å². The fraction of sp³-hybridized carbons (Fsp3) is 0.167. The molecule has 8 heteroatoms. The van der Waals surface area contributed by atoms with E-state index in [4.69, 9.17) is 4.74 Å². The third kappa shape index (κ3) is 3.97. The molecular formula is C24H21N5O2S. The summed E-state index contributed by atoms with van der Waals surface area (Å²) in [4.78, 5) is 15.3. The van der Waals surface area contributed by atoms with Crippen LogP contribution in [0, 0.1) is 6.92 Å². The number of ether oxygens (including phenoxy) is 1. The molecule has 0 fully saturated rings. The summed E-state index contributed by atoms with van der Waals surface area (Å²) >= 11 is 1.32. The number of rotatable bonds is 5. The Labute approximate surface area is 190 Å². The second kappa shape index (κ2) is 8.84. The summed E-state index contributed by atoms with van der Waals surface area (Å²) in [5, 5.41) is 12.6. The van der Waals surface area contributed by atoms with Gasteiger partial charge < -0.3 is 4.74 Å². The molecule has 0 N–H and O–H groups in total. The van der Waals surface area contributed by atoms with Crippen molar-refractivity contribution in [3.05, 3.63) is 90.0 Å². The molecule has 160 valence electrons. The number of hydrogen-bond donors (Lipinski definition) is 0. The number of benzene rings is 3. The zero-order chi connectivity index (χ0) is 21.9. The van der Waals surface area contributed by atoms with Crippen molar-refractivity contribution in [1.82, 2.24) is 20.2 Å². The van der Waals surface area contributed by atoms with Crippen LogP contribution >= 0.6 is 11.8 Å². The number of thioether (sulfide) groups is 1. The number of aryl methyl sites for hydroxylation is 1. The summed E-state index contributed by atoms with van der Waals surface area (Å²) in [5.74, 6) is 0.879. The van der Waals surface area contributed by atoms with Crippen LogP contribution in [0.15, 0.2) is 84.0 Å². The minimum atomic E-state index is -0.202. The van der Waals surface area contributed by atoms with Gasteiger partial charge in [0.15, 0.2) is 0 Å². The highest BCUT2D eigenvalue weighted by Gasteiger charge is 2.33. The largest absolute Gasteiger partial charge is 0.489 e. The Hall–Kier alpha value is -3.65. The average molecular weight is 444 g/mol. The molecule has 0 radical (unpaired) electrons. The van der Waals surface area contributed by atoms with Crippen LogP contribution < -0.4 is 9.64 Å². The lowest BCUT2D eigenvalue weighted by Gasteiger charge is -2.37. The predicted molar refractivity (Wildman–Crippen MR) is 123 cm³/mol. The highest BCUT2D eigenvalue weighted by Crippen LogP contribution is 2.39. The number of nitrogens with zero attached hydrogens (tertiary/aromatic N) is 5. The Balaban J connectivity index is 1.40. The smallest absolute Gasteiger partial charge is 0.238 e. The van der Waals surface area contributed by atoms with E-state index in [1.54, 1.807) is 4.68 Å². The van der Waals surface area contributed by atoms with Crippen molar-refractivity contribution in [1.29, 1.82) is 0 Å². The molecule has 1 aliphatic heterocycles. The van der Waals surface area contributed by atoms with Crippen molar-refractivity contribution < 1.29 is 9.53 Å². The lowest BCUT2D eigenvalue weighted by molar-refractivity contribution is -0.117. The van der Waals surface area contributed by atoms with Crippen LogP contribution in [0.25, 0.3) is 5.69 Å². The summed E-state index contributed by atoms with van der Waals surface area (Å²) in [7, 11) is 0. The molecule has 32 heavy (non-hydrogen) atoms. The summed E-state index contributed by atoms with van der Waals surface area (Å²) in [5.41, 5.74) is 3.82. The van der Waals surface area contributed by atoms with E-state index in [1.165, 1.54) is 11.8 Å². The fourth-order valence-corrected chi connectivity index (χ4v) is 4.48. The SMILES string of the molecule is Cc1ccc(-n2nnnc2SCC(=O)N2c3ccccc3OCC2c2ccccc2)cc1. The van der Waals surface area contributed by atoms with Crippen molar-refractivity contribution in [3.8, 4) is 11.4 Å². The lowest BCUT2D eigenvalue weighted by Crippen LogP contribution is -2.42. The van der Waals surface area contributed by atoms with Crippen molar-refractivity contribution in [2.45, 2.75) is 18.1 Å². The second-order valence-electron chi connectivity index (χ2n) is 7.47. The van der Waals surface area contributed by atoms with Crippen LogP contribution in [0.5, 0.6) is 5.75 Å². The number of carbonyl (C=O) groups excluding carboxylic acids is 1. The molecule has 1 amide bonds. The first kappa shape index (κ1) is 20.3. The van der Waals surface area contributed by atoms with Gasteiger partial charge in [0, 0.05) is 0 Å². The van der Waals surface area contributed by atoms with Crippen LogP contribution in [0.4, 0.5) is 5.69 Å². The Morgan fingerprint density at radius 3 is 2.59 bits per heavy atom. The molecule has 0 bridgehead atoms. The molecule has 2 heterocycles. The Morgan fingerprint density at radius 2 is 1.78 bits per heavy atom. The number of anilines is 1. The molecule has 1 aliphatic rings. The first-order chi connectivity index (χ1) is 15.7. The second-order valence-corrected chi connectivity index (χ2v) is 8.41. The predicted octanol–water partition coefficient (Wildman–Crippen LogP) is 4.23. The maximum absolute atomic E-state index is 13.5. The molecule has 4 aromatic rings. The van der Waals surface area contributed by atoms with Crippen LogP contribution in [0.1, 0.15) is 17.2 Å². The minimum absolute atomic E-state index is 0.0296. The van der Waals surface area contributed by atoms with E-state index in [-0.39, 0.29) is 17.7 Å². The third-order valence-corrected chi connectivity index (χ3v) is 6.23. The molecule has 0 spiro atoms. The van der Waals surface area contributed by atoms with Crippen LogP contribution in [-0.2, 0) is 4.79 Å². The summed E-state index contributed by atoms with van der Waals surface area (Å²) < 4.78 is 7.62. The van der Waals surface area contributed by atoms with E-state index in [1.807, 2.05) is 90.7 Å². The van der Waals surface area contributed by atoms with Gasteiger partial charge in [0.2, 0.25) is 11.1 Å². The molecule has 0 saturated carbocycles. The number of aromatic nitrogens is 4. The van der Waals surface area contributed by atoms with E-state index in [0.717, 1.165) is 22.5 Å². The van der Waals surface area contributed by atoms with Crippen molar-refractivity contribution in [3.63, 3.8) is 0 Å². The summed E-state index contributed by atoms with van der Waals surface area (Å²) in [6, 6.07) is 25.3. The van der Waals surface area contributed by atoms with Gasteiger partial charge in [0.05, 0.1) is 23.2 Å². The van der Waals surface area contributed by atoms with Gasteiger partial charge in [-0.05, 0) is 47.2 Å². The minimum Gasteiger partial charge on any atom is -0.489 e. The first-order valence-corrected chi connectivity index (χ1v) is 11.3. The molecule has 3 aromatic carbocycles. The molecule has 0 aliphatic carbocycles. The quantitative estimate of drug-likeness (QED) is 0.430. The van der Waals surface area contributed by atoms with Crippen LogP contribution in [0.2, 0.25) is 0 Å². The van der Waals surface area contributed by atoms with Gasteiger partial charge in [0.25, 0.3) is 0 Å². The molecule has 5 rings (SSSR count). The molecule has 0 saturated heterocycles. The van der Waals surface area contributed by atoms with Gasteiger partial charge >= 0.3 is 0 Å². The topological polar surface area (TPSA) is 73.1 Å². The van der Waals surface area contributed by atoms with E-state index < -0.39 is 0 Å². The Kier molecular flexibility index (Phi) is 5.60. The fourth-order valence-electron chi connectivity index (χ4n) is 3.73. The van der Waals surface area contributed by atoms with Gasteiger partial charge in [-0.1, -0.05) is 71.9 Å². The highest BCUT2D eigenvalue weighted by atomic mass is 32.2. The molecule has 7 nitrogen and oxygen atoms in total. The maximum atomic E-state index is 13.5. The summed E-state index contributed by atoms with van der Waals surface area (Å²) in [6.07, 6.45) is 0. The molecule has 1 atom stereocenters. The van der Waals surface area contributed by atoms with E-state index in [2.05, 4.69) is 15.5 Å².